The predicted octanol–water partition coefficient (Wildman–Crippen LogP) is 3.99. The van der Waals surface area contributed by atoms with E-state index in [0.717, 1.165) is 6.42 Å². The van der Waals surface area contributed by atoms with Gasteiger partial charge in [-0.05, 0) is 48.3 Å². The topological polar surface area (TPSA) is 34.1 Å². The monoisotopic (exact) mass is 318 g/mol. The van der Waals surface area contributed by atoms with Crippen LogP contribution in [0, 0.1) is 5.41 Å². The van der Waals surface area contributed by atoms with Crippen LogP contribution >= 0.6 is 24.2 Å². The maximum Gasteiger partial charge on any atom is 0.184 e. The Balaban J connectivity index is 2.51. The van der Waals surface area contributed by atoms with Crippen molar-refractivity contribution in [3.8, 4) is 0 Å². The van der Waals surface area contributed by atoms with Crippen molar-refractivity contribution >= 4 is 34.1 Å². The van der Waals surface area contributed by atoms with Crippen LogP contribution in [-0.2, 0) is 9.84 Å². The van der Waals surface area contributed by atoms with Gasteiger partial charge in [0.2, 0.25) is 0 Å². The fourth-order valence-electron chi connectivity index (χ4n) is 2.79. The van der Waals surface area contributed by atoms with Gasteiger partial charge >= 0.3 is 0 Å². The first-order valence-electron chi connectivity index (χ1n) is 6.38. The highest BCUT2D eigenvalue weighted by atomic mass is 35.5. The Morgan fingerprint density at radius 2 is 1.79 bits per heavy atom. The molecule has 0 radical (unpaired) electrons. The molecule has 0 heterocycles. The van der Waals surface area contributed by atoms with Crippen molar-refractivity contribution in [3.05, 3.63) is 29.3 Å². The Morgan fingerprint density at radius 1 is 1.26 bits per heavy atom. The van der Waals surface area contributed by atoms with Crippen LogP contribution in [0.2, 0.25) is 5.02 Å². The van der Waals surface area contributed by atoms with Crippen molar-refractivity contribution in [3.63, 3.8) is 0 Å². The van der Waals surface area contributed by atoms with E-state index in [-0.39, 0.29) is 5.41 Å². The highest BCUT2D eigenvalue weighted by Gasteiger charge is 2.58. The summed E-state index contributed by atoms with van der Waals surface area (Å²) >= 11 is 10.2. The molecule has 106 valence electrons. The SMILES string of the molecule is CC(C)(CS)C1(S(=O)(=O)c2ccc(Cl)cc2)CCC1. The van der Waals surface area contributed by atoms with Gasteiger partial charge in [0.15, 0.2) is 9.84 Å². The molecule has 0 aromatic heterocycles. The fraction of sp³-hybridized carbons (Fsp3) is 0.571. The molecule has 1 fully saturated rings. The molecule has 0 bridgehead atoms. The zero-order valence-electron chi connectivity index (χ0n) is 11.2. The second kappa shape index (κ2) is 4.97. The third-order valence-corrected chi connectivity index (χ3v) is 8.35. The summed E-state index contributed by atoms with van der Waals surface area (Å²) in [6.07, 6.45) is 2.39. The van der Waals surface area contributed by atoms with Crippen LogP contribution in [0.4, 0.5) is 0 Å². The zero-order chi connectivity index (χ0) is 14.3. The normalized spacial score (nSPS) is 18.9. The van der Waals surface area contributed by atoms with Crippen molar-refractivity contribution in [2.75, 3.05) is 5.75 Å². The molecule has 1 aliphatic rings. The van der Waals surface area contributed by atoms with E-state index < -0.39 is 14.6 Å². The van der Waals surface area contributed by atoms with Crippen LogP contribution < -0.4 is 0 Å². The number of thiol groups is 1. The second-order valence-corrected chi connectivity index (χ2v) is 8.86. The van der Waals surface area contributed by atoms with Crippen LogP contribution in [0.25, 0.3) is 0 Å². The number of benzene rings is 1. The molecular formula is C14H19ClO2S2. The molecular weight excluding hydrogens is 300 g/mol. The molecule has 0 saturated heterocycles. The molecule has 1 aliphatic carbocycles. The van der Waals surface area contributed by atoms with Gasteiger partial charge in [0.25, 0.3) is 0 Å². The van der Waals surface area contributed by atoms with Gasteiger partial charge in [-0.25, -0.2) is 8.42 Å². The first kappa shape index (κ1) is 15.2. The van der Waals surface area contributed by atoms with E-state index in [0.29, 0.717) is 28.5 Å². The Labute approximate surface area is 125 Å². The smallest absolute Gasteiger partial charge is 0.184 e. The Bertz CT molecular complexity index is 558. The zero-order valence-corrected chi connectivity index (χ0v) is 13.7. The molecule has 0 N–H and O–H groups in total. The summed E-state index contributed by atoms with van der Waals surface area (Å²) < 4.78 is 25.3. The Hall–Kier alpha value is -0.190. The molecule has 2 nitrogen and oxygen atoms in total. The average Bonchev–Trinajstić information content (AvgIpc) is 2.27. The average molecular weight is 319 g/mol. The lowest BCUT2D eigenvalue weighted by atomic mass is 9.67. The summed E-state index contributed by atoms with van der Waals surface area (Å²) in [4.78, 5) is 0.367. The van der Waals surface area contributed by atoms with Crippen molar-refractivity contribution < 1.29 is 8.42 Å². The van der Waals surface area contributed by atoms with Gasteiger partial charge in [0.05, 0.1) is 9.64 Å². The van der Waals surface area contributed by atoms with E-state index >= 15 is 0 Å². The van der Waals surface area contributed by atoms with Crippen LogP contribution in [0.15, 0.2) is 29.2 Å². The van der Waals surface area contributed by atoms with E-state index in [1.807, 2.05) is 13.8 Å². The molecule has 0 amide bonds. The standard InChI is InChI=1S/C14H19ClO2S2/c1-13(2,10-18)14(8-3-9-14)19(16,17)12-6-4-11(15)5-7-12/h4-7,18H,3,8-10H2,1-2H3. The number of halogens is 1. The van der Waals surface area contributed by atoms with Crippen LogP contribution in [0.3, 0.4) is 0 Å². The van der Waals surface area contributed by atoms with Gasteiger partial charge in [-0.3, -0.25) is 0 Å². The summed E-state index contributed by atoms with van der Waals surface area (Å²) in [6.45, 7) is 3.99. The van der Waals surface area contributed by atoms with Crippen LogP contribution in [-0.4, -0.2) is 18.9 Å². The third-order valence-electron chi connectivity index (χ3n) is 4.43. The second-order valence-electron chi connectivity index (χ2n) is 5.85. The molecule has 2 rings (SSSR count). The quantitative estimate of drug-likeness (QED) is 0.852. The highest BCUT2D eigenvalue weighted by Crippen LogP contribution is 2.54. The van der Waals surface area contributed by atoms with Crippen molar-refractivity contribution in [2.24, 2.45) is 5.41 Å². The van der Waals surface area contributed by atoms with Crippen molar-refractivity contribution in [2.45, 2.75) is 42.8 Å². The van der Waals surface area contributed by atoms with E-state index in [9.17, 15) is 8.42 Å². The van der Waals surface area contributed by atoms with Gasteiger partial charge in [-0.1, -0.05) is 31.9 Å². The molecule has 5 heteroatoms. The lowest BCUT2D eigenvalue weighted by molar-refractivity contribution is 0.173. The first-order chi connectivity index (χ1) is 8.77. The van der Waals surface area contributed by atoms with Crippen molar-refractivity contribution in [1.29, 1.82) is 0 Å². The molecule has 0 atom stereocenters. The number of hydrogen-bond acceptors (Lipinski definition) is 3. The van der Waals surface area contributed by atoms with Crippen molar-refractivity contribution in [1.82, 2.24) is 0 Å². The van der Waals surface area contributed by atoms with Crippen LogP contribution in [0.1, 0.15) is 33.1 Å². The van der Waals surface area contributed by atoms with Gasteiger partial charge < -0.3 is 0 Å². The minimum atomic E-state index is -3.36. The maximum atomic E-state index is 13.0. The minimum absolute atomic E-state index is 0.340. The number of sulfone groups is 1. The maximum absolute atomic E-state index is 13.0. The summed E-state index contributed by atoms with van der Waals surface area (Å²) in [6, 6.07) is 6.47. The highest BCUT2D eigenvalue weighted by molar-refractivity contribution is 7.93. The largest absolute Gasteiger partial charge is 0.223 e. The number of hydrogen-bond donors (Lipinski definition) is 1. The van der Waals surface area contributed by atoms with Gasteiger partial charge in [-0.15, -0.1) is 0 Å². The summed E-state index contributed by atoms with van der Waals surface area (Å²) in [5.41, 5.74) is -0.340. The van der Waals surface area contributed by atoms with E-state index in [2.05, 4.69) is 12.6 Å². The first-order valence-corrected chi connectivity index (χ1v) is 8.87. The Kier molecular flexibility index (Phi) is 3.98. The van der Waals surface area contributed by atoms with Gasteiger partial charge in [-0.2, -0.15) is 12.6 Å². The van der Waals surface area contributed by atoms with Gasteiger partial charge in [0.1, 0.15) is 0 Å². The third kappa shape index (κ3) is 2.22. The van der Waals surface area contributed by atoms with E-state index in [4.69, 9.17) is 11.6 Å². The molecule has 0 spiro atoms. The molecule has 1 saturated carbocycles. The molecule has 19 heavy (non-hydrogen) atoms. The summed E-state index contributed by atoms with van der Waals surface area (Å²) in [5, 5.41) is 0.551. The minimum Gasteiger partial charge on any atom is -0.223 e. The van der Waals surface area contributed by atoms with Crippen LogP contribution in [0.5, 0.6) is 0 Å². The lowest BCUT2D eigenvalue weighted by Crippen LogP contribution is -2.56. The summed E-state index contributed by atoms with van der Waals surface area (Å²) in [7, 11) is -3.36. The molecule has 1 aromatic carbocycles. The van der Waals surface area contributed by atoms with E-state index in [1.165, 1.54) is 0 Å². The van der Waals surface area contributed by atoms with Gasteiger partial charge in [0, 0.05) is 5.02 Å². The molecule has 0 unspecified atom stereocenters. The fourth-order valence-corrected chi connectivity index (χ4v) is 5.90. The predicted molar refractivity (Wildman–Crippen MR) is 82.9 cm³/mol. The number of rotatable bonds is 4. The lowest BCUT2D eigenvalue weighted by Gasteiger charge is -2.51. The molecule has 0 aliphatic heterocycles. The summed E-state index contributed by atoms with van der Waals surface area (Å²) in [5.74, 6) is 0.555. The van der Waals surface area contributed by atoms with E-state index in [1.54, 1.807) is 24.3 Å². The Morgan fingerprint density at radius 3 is 2.16 bits per heavy atom. The molecule has 1 aromatic rings.